The monoisotopic (exact) mass is 990 g/mol. The van der Waals surface area contributed by atoms with Crippen molar-refractivity contribution in [3.05, 3.63) is 228 Å². The molecule has 13 heteroatoms. The van der Waals surface area contributed by atoms with Crippen LogP contribution in [-0.4, -0.2) is 85.1 Å². The van der Waals surface area contributed by atoms with Crippen LogP contribution in [0, 0.1) is 10.8 Å². The minimum absolute atomic E-state index is 0.113. The number of aliphatic carboxylic acids is 1. The second-order valence-corrected chi connectivity index (χ2v) is 19.8. The Balaban J connectivity index is 0.000000187. The SMILES string of the molecule is C=CC.CC1(C)CC2/C(=C(/C(=O)O)c3ccccn3)C(=O)N2[C@H]1C(=O)OC(c1ccccc1)c1ccccc1.CC1(C)CC2/C(=C(/C=O)c3ccccn3)C(=O)N2[C@H]1C(=O)OC(c1ccccc1)c1ccccc1. The summed E-state index contributed by atoms with van der Waals surface area (Å²) < 4.78 is 12.2. The van der Waals surface area contributed by atoms with Crippen molar-refractivity contribution in [1.29, 1.82) is 0 Å². The van der Waals surface area contributed by atoms with E-state index < -0.39 is 65.0 Å². The zero-order valence-electron chi connectivity index (χ0n) is 41.9. The Morgan fingerprint density at radius 3 is 1.26 bits per heavy atom. The highest BCUT2D eigenvalue weighted by Crippen LogP contribution is 2.53. The molecular formula is C61H58N4O9. The van der Waals surface area contributed by atoms with E-state index in [0.717, 1.165) is 22.3 Å². The van der Waals surface area contributed by atoms with Crippen LogP contribution in [0.4, 0.5) is 0 Å². The Morgan fingerprint density at radius 1 is 0.581 bits per heavy atom. The number of pyridine rings is 2. The second-order valence-electron chi connectivity index (χ2n) is 19.8. The fourth-order valence-corrected chi connectivity index (χ4v) is 10.6. The van der Waals surface area contributed by atoms with Gasteiger partial charge in [0.25, 0.3) is 11.8 Å². The molecule has 13 nitrogen and oxygen atoms in total. The molecule has 0 bridgehead atoms. The standard InChI is InChI=1S/C29H26N2O5.C29H26N2O4.C3H6/c1-29(2)17-21-23(22(27(33)34)20-15-9-10-16-30-20)26(32)31(21)25(29)28(35)36-24(18-11-5-3-6-12-18)19-13-7-4-8-14-19;1-29(2)17-23-24(21(18-32)22-15-9-10-16-30-22)27(33)31(23)26(29)28(34)35-25(19-11-5-3-6-12-19)20-13-7-4-8-14-20;1-3-2/h3-16,21,24-25H,17H2,1-2H3,(H,33,34);3-16,18,23,25-26H,17H2,1-2H3;3H,1H2,2H3/b23-22-;24-21+;/t21?,25-;23?,26-;/m00./s1. The molecule has 0 radical (unpaired) electrons. The molecule has 6 heterocycles. The lowest BCUT2D eigenvalue weighted by Crippen LogP contribution is -2.58. The van der Waals surface area contributed by atoms with Crippen LogP contribution in [0.15, 0.2) is 194 Å². The van der Waals surface area contributed by atoms with E-state index in [9.17, 15) is 33.9 Å². The number of carboxylic acid groups (broad SMARTS) is 1. The summed E-state index contributed by atoms with van der Waals surface area (Å²) in [5, 5.41) is 9.92. The largest absolute Gasteiger partial charge is 0.478 e. The van der Waals surface area contributed by atoms with Crippen molar-refractivity contribution in [3.8, 4) is 0 Å². The molecule has 4 fully saturated rings. The molecule has 376 valence electrons. The van der Waals surface area contributed by atoms with E-state index >= 15 is 0 Å². The number of aromatic nitrogens is 2. The molecule has 2 unspecified atom stereocenters. The Morgan fingerprint density at radius 2 is 0.919 bits per heavy atom. The second kappa shape index (κ2) is 22.0. The highest BCUT2D eigenvalue weighted by Gasteiger charge is 2.63. The van der Waals surface area contributed by atoms with Crippen molar-refractivity contribution in [2.75, 3.05) is 0 Å². The first-order valence-electron chi connectivity index (χ1n) is 24.5. The minimum atomic E-state index is -1.21. The number of carbonyl (C=O) groups excluding carboxylic acids is 5. The number of esters is 2. The predicted octanol–water partition coefficient (Wildman–Crippen LogP) is 9.83. The fraction of sp³-hybridized carbons (Fsp3) is 0.246. The minimum Gasteiger partial charge on any atom is -0.478 e. The van der Waals surface area contributed by atoms with Gasteiger partial charge in [0, 0.05) is 12.4 Å². The lowest BCUT2D eigenvalue weighted by atomic mass is 9.82. The number of allylic oxidation sites excluding steroid dienone is 2. The number of hydrogen-bond acceptors (Lipinski definition) is 10. The number of amides is 2. The van der Waals surface area contributed by atoms with Crippen molar-refractivity contribution in [1.82, 2.24) is 19.8 Å². The van der Waals surface area contributed by atoms with Crippen LogP contribution in [0.25, 0.3) is 11.1 Å². The number of rotatable bonds is 12. The lowest BCUT2D eigenvalue weighted by Gasteiger charge is -2.41. The van der Waals surface area contributed by atoms with Crippen molar-refractivity contribution >= 4 is 47.2 Å². The van der Waals surface area contributed by atoms with Crippen LogP contribution in [0.3, 0.4) is 0 Å². The normalized spacial score (nSPS) is 21.0. The van der Waals surface area contributed by atoms with E-state index in [-0.39, 0.29) is 34.4 Å². The van der Waals surface area contributed by atoms with Crippen molar-refractivity contribution < 1.29 is 43.3 Å². The third-order valence-electron chi connectivity index (χ3n) is 13.8. The Kier molecular flexibility index (Phi) is 15.4. The maximum Gasteiger partial charge on any atom is 0.338 e. The molecule has 4 aliphatic heterocycles. The first kappa shape index (κ1) is 51.8. The summed E-state index contributed by atoms with van der Waals surface area (Å²) in [4.78, 5) is 89.6. The molecule has 6 aromatic rings. The number of hydrogen-bond donors (Lipinski definition) is 1. The van der Waals surface area contributed by atoms with Crippen LogP contribution in [-0.2, 0) is 38.2 Å². The summed E-state index contributed by atoms with van der Waals surface area (Å²) >= 11 is 0. The van der Waals surface area contributed by atoms with Gasteiger partial charge >= 0.3 is 17.9 Å². The van der Waals surface area contributed by atoms with Crippen LogP contribution < -0.4 is 0 Å². The van der Waals surface area contributed by atoms with Crippen LogP contribution in [0.2, 0.25) is 0 Å². The zero-order chi connectivity index (χ0) is 52.7. The van der Waals surface area contributed by atoms with Gasteiger partial charge < -0.3 is 24.4 Å². The van der Waals surface area contributed by atoms with Gasteiger partial charge in [-0.3, -0.25) is 24.4 Å². The summed E-state index contributed by atoms with van der Waals surface area (Å²) in [7, 11) is 0. The number of carboxylic acids is 1. The molecule has 1 N–H and O–H groups in total. The number of carbonyl (C=O) groups is 6. The van der Waals surface area contributed by atoms with Gasteiger partial charge in [-0.2, -0.15) is 0 Å². The van der Waals surface area contributed by atoms with Gasteiger partial charge in [0.05, 0.1) is 45.8 Å². The number of β-lactam (4-membered cyclic amide) rings is 2. The van der Waals surface area contributed by atoms with E-state index in [4.69, 9.17) is 9.47 Å². The number of ether oxygens (including phenoxy) is 2. The smallest absolute Gasteiger partial charge is 0.338 e. The van der Waals surface area contributed by atoms with Gasteiger partial charge in [-0.05, 0) is 77.1 Å². The van der Waals surface area contributed by atoms with Gasteiger partial charge in [-0.15, -0.1) is 6.58 Å². The average molecular weight is 991 g/mol. The van der Waals surface area contributed by atoms with Crippen LogP contribution >= 0.6 is 0 Å². The lowest BCUT2D eigenvalue weighted by molar-refractivity contribution is -0.162. The van der Waals surface area contributed by atoms with Crippen molar-refractivity contribution in [2.45, 2.75) is 83.8 Å². The summed E-state index contributed by atoms with van der Waals surface area (Å²) in [6, 6.07) is 45.8. The molecule has 0 spiro atoms. The summed E-state index contributed by atoms with van der Waals surface area (Å²) in [5.74, 6) is -2.96. The number of fused-ring (bicyclic) bond motifs is 2. The third kappa shape index (κ3) is 10.2. The number of benzene rings is 4. The Labute approximate surface area is 430 Å². The van der Waals surface area contributed by atoms with Gasteiger partial charge in [0.1, 0.15) is 12.1 Å². The molecule has 0 aliphatic carbocycles. The highest BCUT2D eigenvalue weighted by atomic mass is 16.6. The first-order chi connectivity index (χ1) is 35.6. The van der Waals surface area contributed by atoms with Crippen LogP contribution in [0.1, 0.15) is 93.3 Å². The van der Waals surface area contributed by atoms with Gasteiger partial charge in [-0.1, -0.05) is 167 Å². The molecule has 2 aromatic heterocycles. The molecule has 4 aliphatic rings. The van der Waals surface area contributed by atoms with E-state index in [1.807, 2.05) is 156 Å². The van der Waals surface area contributed by atoms with E-state index in [1.165, 1.54) is 11.1 Å². The number of aldehydes is 1. The predicted molar refractivity (Wildman–Crippen MR) is 279 cm³/mol. The molecule has 0 saturated carbocycles. The molecule has 4 saturated heterocycles. The summed E-state index contributed by atoms with van der Waals surface area (Å²) in [6.45, 7) is 13.0. The molecule has 2 amide bonds. The highest BCUT2D eigenvalue weighted by molar-refractivity contribution is 6.25. The molecule has 4 atom stereocenters. The molecule has 4 aromatic carbocycles. The number of nitrogens with zero attached hydrogens (tertiary/aromatic N) is 4. The van der Waals surface area contributed by atoms with Crippen molar-refractivity contribution in [2.24, 2.45) is 10.8 Å². The van der Waals surface area contributed by atoms with Gasteiger partial charge in [-0.25, -0.2) is 14.4 Å². The molecule has 10 rings (SSSR count). The van der Waals surface area contributed by atoms with E-state index in [1.54, 1.807) is 53.6 Å². The quantitative estimate of drug-likeness (QED) is 0.0407. The maximum absolute atomic E-state index is 13.7. The zero-order valence-corrected chi connectivity index (χ0v) is 41.9. The van der Waals surface area contributed by atoms with Crippen LogP contribution in [0.5, 0.6) is 0 Å². The Hall–Kier alpha value is -8.58. The van der Waals surface area contributed by atoms with E-state index in [2.05, 4.69) is 16.5 Å². The summed E-state index contributed by atoms with van der Waals surface area (Å²) in [5.41, 5.74) is 3.67. The third-order valence-corrected chi connectivity index (χ3v) is 13.8. The summed E-state index contributed by atoms with van der Waals surface area (Å²) in [6.07, 6.45) is 5.29. The van der Waals surface area contributed by atoms with Gasteiger partial charge in [0.15, 0.2) is 18.5 Å². The van der Waals surface area contributed by atoms with E-state index in [0.29, 0.717) is 30.4 Å². The maximum atomic E-state index is 13.7. The fourth-order valence-electron chi connectivity index (χ4n) is 10.6. The molecule has 74 heavy (non-hydrogen) atoms. The first-order valence-corrected chi connectivity index (χ1v) is 24.5. The van der Waals surface area contributed by atoms with Crippen molar-refractivity contribution in [3.63, 3.8) is 0 Å². The topological polar surface area (TPSA) is 173 Å². The Bertz CT molecular complexity index is 3010. The molecular weight excluding hydrogens is 933 g/mol. The average Bonchev–Trinajstić information content (AvgIpc) is 3.83. The van der Waals surface area contributed by atoms with Gasteiger partial charge in [0.2, 0.25) is 0 Å².